The molecule has 1 aliphatic rings. The van der Waals surface area contributed by atoms with Crippen molar-refractivity contribution in [1.82, 2.24) is 9.55 Å². The van der Waals surface area contributed by atoms with Crippen LogP contribution in [-0.4, -0.2) is 51.7 Å². The Labute approximate surface area is 118 Å². The Morgan fingerprint density at radius 1 is 1.70 bits per heavy atom. The number of H-pyrrole nitrogens is 1. The van der Waals surface area contributed by atoms with Gasteiger partial charge in [0.05, 0.1) is 19.8 Å². The third-order valence-corrected chi connectivity index (χ3v) is 3.39. The van der Waals surface area contributed by atoms with Crippen molar-refractivity contribution in [3.63, 3.8) is 0 Å². The van der Waals surface area contributed by atoms with Crippen molar-refractivity contribution >= 4 is 18.2 Å². The van der Waals surface area contributed by atoms with Crippen molar-refractivity contribution in [2.24, 2.45) is 0 Å². The van der Waals surface area contributed by atoms with E-state index in [9.17, 15) is 14.7 Å². The zero-order valence-corrected chi connectivity index (χ0v) is 11.4. The fourth-order valence-electron chi connectivity index (χ4n) is 2.00. The lowest BCUT2D eigenvalue weighted by atomic mass is 10.2. The monoisotopic (exact) mass is 302 g/mol. The summed E-state index contributed by atoms with van der Waals surface area (Å²) >= 11 is 4.89. The van der Waals surface area contributed by atoms with Crippen LogP contribution >= 0.6 is 12.2 Å². The molecule has 1 aromatic rings. The standard InChI is InChI=1S/C11H14N2O6S/c1-18-10(16)5-3-13(11(17)12-9(5)20)8-2-6(15)7(4-14)19-8/h3,6-8,14-15H,2,4H2,1H3,(H,12,17,20)/t6-,7+,8+/m0/s1. The summed E-state index contributed by atoms with van der Waals surface area (Å²) in [6.07, 6.45) is -1.09. The molecule has 9 heteroatoms. The van der Waals surface area contributed by atoms with Crippen LogP contribution in [0.5, 0.6) is 0 Å². The first-order valence-electron chi connectivity index (χ1n) is 5.86. The zero-order valence-electron chi connectivity index (χ0n) is 10.6. The predicted molar refractivity (Wildman–Crippen MR) is 68.8 cm³/mol. The van der Waals surface area contributed by atoms with Gasteiger partial charge in [0.25, 0.3) is 0 Å². The van der Waals surface area contributed by atoms with Crippen LogP contribution in [0.4, 0.5) is 0 Å². The summed E-state index contributed by atoms with van der Waals surface area (Å²) in [6, 6.07) is 0. The molecular formula is C11H14N2O6S. The molecule has 0 radical (unpaired) electrons. The number of hydrogen-bond acceptors (Lipinski definition) is 7. The fraction of sp³-hybridized carbons (Fsp3) is 0.545. The number of methoxy groups -OCH3 is 1. The summed E-state index contributed by atoms with van der Waals surface area (Å²) in [5.41, 5.74) is -0.550. The van der Waals surface area contributed by atoms with Gasteiger partial charge in [-0.05, 0) is 0 Å². The number of nitrogens with one attached hydrogen (secondary N) is 1. The summed E-state index contributed by atoms with van der Waals surface area (Å²) in [5, 5.41) is 18.7. The summed E-state index contributed by atoms with van der Waals surface area (Å²) in [5.74, 6) is -0.683. The van der Waals surface area contributed by atoms with E-state index < -0.39 is 30.1 Å². The topological polar surface area (TPSA) is 114 Å². The molecule has 2 rings (SSSR count). The highest BCUT2D eigenvalue weighted by atomic mass is 32.1. The second-order valence-electron chi connectivity index (χ2n) is 4.32. The summed E-state index contributed by atoms with van der Waals surface area (Å²) in [6.45, 7) is -0.362. The predicted octanol–water partition coefficient (Wildman–Crippen LogP) is -0.667. The quantitative estimate of drug-likeness (QED) is 0.501. The van der Waals surface area contributed by atoms with Crippen molar-refractivity contribution in [3.05, 3.63) is 26.9 Å². The normalized spacial score (nSPS) is 25.6. The highest BCUT2D eigenvalue weighted by Gasteiger charge is 2.35. The molecule has 0 aromatic carbocycles. The van der Waals surface area contributed by atoms with Crippen molar-refractivity contribution in [1.29, 1.82) is 0 Å². The van der Waals surface area contributed by atoms with Gasteiger partial charge >= 0.3 is 11.7 Å². The van der Waals surface area contributed by atoms with Crippen molar-refractivity contribution in [2.75, 3.05) is 13.7 Å². The molecule has 8 nitrogen and oxygen atoms in total. The molecule has 0 unspecified atom stereocenters. The van der Waals surface area contributed by atoms with Gasteiger partial charge in [-0.25, -0.2) is 9.59 Å². The van der Waals surface area contributed by atoms with Gasteiger partial charge in [-0.3, -0.25) is 9.55 Å². The minimum atomic E-state index is -0.887. The molecule has 3 N–H and O–H groups in total. The summed E-state index contributed by atoms with van der Waals surface area (Å²) in [4.78, 5) is 25.7. The molecule has 2 heterocycles. The molecular weight excluding hydrogens is 288 g/mol. The lowest BCUT2D eigenvalue weighted by Crippen LogP contribution is -2.29. The molecule has 0 aliphatic carbocycles. The largest absolute Gasteiger partial charge is 0.465 e. The second kappa shape index (κ2) is 5.83. The number of aromatic amines is 1. The van der Waals surface area contributed by atoms with Crippen LogP contribution < -0.4 is 5.69 Å². The number of rotatable bonds is 3. The number of esters is 1. The number of aliphatic hydroxyl groups excluding tert-OH is 2. The van der Waals surface area contributed by atoms with Crippen molar-refractivity contribution in [3.8, 4) is 0 Å². The van der Waals surface area contributed by atoms with Crippen LogP contribution in [0.15, 0.2) is 11.0 Å². The minimum Gasteiger partial charge on any atom is -0.465 e. The molecule has 1 aliphatic heterocycles. The van der Waals surface area contributed by atoms with Gasteiger partial charge in [-0.2, -0.15) is 0 Å². The van der Waals surface area contributed by atoms with Crippen LogP contribution in [0.3, 0.4) is 0 Å². The molecule has 3 atom stereocenters. The molecule has 1 fully saturated rings. The van der Waals surface area contributed by atoms with E-state index in [0.29, 0.717) is 0 Å². The highest BCUT2D eigenvalue weighted by molar-refractivity contribution is 7.71. The smallest absolute Gasteiger partial charge is 0.342 e. The third kappa shape index (κ3) is 2.66. The Morgan fingerprint density at radius 2 is 2.40 bits per heavy atom. The van der Waals surface area contributed by atoms with E-state index in [2.05, 4.69) is 9.72 Å². The lowest BCUT2D eigenvalue weighted by Gasteiger charge is -2.15. The number of ether oxygens (including phenoxy) is 2. The maximum atomic E-state index is 11.9. The number of carbonyl (C=O) groups is 1. The number of nitrogens with zero attached hydrogens (tertiary/aromatic N) is 1. The Balaban J connectivity index is 2.40. The van der Waals surface area contributed by atoms with Crippen molar-refractivity contribution < 1.29 is 24.5 Å². The molecule has 0 spiro atoms. The van der Waals surface area contributed by atoms with E-state index >= 15 is 0 Å². The Kier molecular flexibility index (Phi) is 4.33. The van der Waals surface area contributed by atoms with Crippen LogP contribution in [0.1, 0.15) is 23.0 Å². The van der Waals surface area contributed by atoms with Crippen molar-refractivity contribution in [2.45, 2.75) is 24.9 Å². The van der Waals surface area contributed by atoms with Crippen LogP contribution in [0.25, 0.3) is 0 Å². The van der Waals surface area contributed by atoms with E-state index in [4.69, 9.17) is 22.1 Å². The minimum absolute atomic E-state index is 0.0210. The molecule has 20 heavy (non-hydrogen) atoms. The van der Waals surface area contributed by atoms with Gasteiger partial charge in [-0.1, -0.05) is 12.2 Å². The molecule has 0 saturated carbocycles. The van der Waals surface area contributed by atoms with Crippen LogP contribution in [0.2, 0.25) is 0 Å². The first-order chi connectivity index (χ1) is 9.47. The fourth-order valence-corrected chi connectivity index (χ4v) is 2.23. The van der Waals surface area contributed by atoms with E-state index in [1.807, 2.05) is 0 Å². The first kappa shape index (κ1) is 14.9. The van der Waals surface area contributed by atoms with E-state index in [1.165, 1.54) is 13.3 Å². The number of hydrogen-bond donors (Lipinski definition) is 3. The van der Waals surface area contributed by atoms with Gasteiger partial charge in [0, 0.05) is 12.6 Å². The van der Waals surface area contributed by atoms with Gasteiger partial charge in [-0.15, -0.1) is 0 Å². The maximum absolute atomic E-state index is 11.9. The van der Waals surface area contributed by atoms with Gasteiger partial charge < -0.3 is 19.7 Å². The third-order valence-electron chi connectivity index (χ3n) is 3.07. The first-order valence-corrected chi connectivity index (χ1v) is 6.27. The lowest BCUT2D eigenvalue weighted by molar-refractivity contribution is -0.0459. The second-order valence-corrected chi connectivity index (χ2v) is 4.72. The van der Waals surface area contributed by atoms with Gasteiger partial charge in [0.15, 0.2) is 0 Å². The SMILES string of the molecule is COC(=O)c1cn([C@H]2C[C@H](O)[C@@H](CO)O2)c(=O)[nH]c1=S. The van der Waals surface area contributed by atoms with E-state index in [1.54, 1.807) is 0 Å². The van der Waals surface area contributed by atoms with E-state index in [0.717, 1.165) is 4.57 Å². The highest BCUT2D eigenvalue weighted by Crippen LogP contribution is 2.27. The molecule has 110 valence electrons. The number of aliphatic hydroxyl groups is 2. The molecule has 1 saturated heterocycles. The van der Waals surface area contributed by atoms with Gasteiger partial charge in [0.2, 0.25) is 0 Å². The van der Waals surface area contributed by atoms with Crippen LogP contribution in [0, 0.1) is 4.64 Å². The summed E-state index contributed by atoms with van der Waals surface area (Å²) in [7, 11) is 1.20. The average molecular weight is 302 g/mol. The number of aromatic nitrogens is 2. The molecule has 1 aromatic heterocycles. The van der Waals surface area contributed by atoms with Crippen LogP contribution in [-0.2, 0) is 9.47 Å². The summed E-state index contributed by atoms with van der Waals surface area (Å²) < 4.78 is 11.0. The Morgan fingerprint density at radius 3 is 2.95 bits per heavy atom. The molecule has 0 bridgehead atoms. The van der Waals surface area contributed by atoms with E-state index in [-0.39, 0.29) is 23.2 Å². The maximum Gasteiger partial charge on any atom is 0.342 e. The average Bonchev–Trinajstić information content (AvgIpc) is 2.79. The molecule has 0 amide bonds. The number of carbonyl (C=O) groups excluding carboxylic acids is 1. The zero-order chi connectivity index (χ0) is 14.9. The van der Waals surface area contributed by atoms with Gasteiger partial charge in [0.1, 0.15) is 22.5 Å². The Hall–Kier alpha value is -1.55. The Bertz CT molecular complexity index is 624.